The largest absolute Gasteiger partial charge is 0.379 e. The summed E-state index contributed by atoms with van der Waals surface area (Å²) >= 11 is 1.31. The third-order valence-corrected chi connectivity index (χ3v) is 6.45. The molecule has 1 aliphatic rings. The highest BCUT2D eigenvalue weighted by molar-refractivity contribution is 8.13. The van der Waals surface area contributed by atoms with Crippen LogP contribution >= 0.6 is 11.8 Å². The molecule has 0 saturated carbocycles. The van der Waals surface area contributed by atoms with Gasteiger partial charge >= 0.3 is 0 Å². The standard InChI is InChI=1S/C24H21N5O2S/c25-24(26)32-11-5-10-29-13-17(15-7-2-4-9-19(15)29)21-20(22(30)28-23(21)31)16-12-27-18-8-3-1-6-14(16)18/h1-4,6-9,12-13,27H,5,10-11H2,(H3,25,26)(H,28,30,31). The van der Waals surface area contributed by atoms with Gasteiger partial charge in [0, 0.05) is 57.6 Å². The second-order valence-electron chi connectivity index (χ2n) is 7.60. The number of thioether (sulfide) groups is 1. The molecule has 0 saturated heterocycles. The van der Waals surface area contributed by atoms with Crippen LogP contribution in [0.1, 0.15) is 17.5 Å². The minimum atomic E-state index is -0.385. The Hall–Kier alpha value is -3.78. The van der Waals surface area contributed by atoms with E-state index in [2.05, 4.69) is 14.9 Å². The Balaban J connectivity index is 1.65. The summed E-state index contributed by atoms with van der Waals surface area (Å²) in [6, 6.07) is 15.6. The number of aryl methyl sites for hydroxylation is 1. The fourth-order valence-electron chi connectivity index (χ4n) is 4.30. The van der Waals surface area contributed by atoms with Gasteiger partial charge in [0.1, 0.15) is 0 Å². The van der Waals surface area contributed by atoms with Gasteiger partial charge in [-0.2, -0.15) is 0 Å². The van der Waals surface area contributed by atoms with Crippen molar-refractivity contribution in [3.8, 4) is 0 Å². The monoisotopic (exact) mass is 443 g/mol. The number of nitrogens with zero attached hydrogens (tertiary/aromatic N) is 1. The zero-order valence-corrected chi connectivity index (χ0v) is 18.0. The van der Waals surface area contributed by atoms with Crippen LogP contribution in [0.5, 0.6) is 0 Å². The maximum absolute atomic E-state index is 13.0. The molecule has 0 radical (unpaired) electrons. The van der Waals surface area contributed by atoms with Crippen molar-refractivity contribution in [3.63, 3.8) is 0 Å². The first kappa shape index (κ1) is 20.1. The van der Waals surface area contributed by atoms with Crippen LogP contribution in [-0.4, -0.2) is 32.3 Å². The van der Waals surface area contributed by atoms with E-state index in [1.54, 1.807) is 6.20 Å². The second kappa shape index (κ2) is 8.05. The number of carbonyl (C=O) groups excluding carboxylic acids is 2. The lowest BCUT2D eigenvalue weighted by Gasteiger charge is -2.04. The normalized spacial score (nSPS) is 14.0. The number of H-pyrrole nitrogens is 1. The number of nitrogens with two attached hydrogens (primary N) is 1. The van der Waals surface area contributed by atoms with Gasteiger partial charge in [0.05, 0.1) is 11.1 Å². The van der Waals surface area contributed by atoms with Gasteiger partial charge in [0.25, 0.3) is 11.8 Å². The molecule has 1 aliphatic heterocycles. The fraction of sp³-hybridized carbons (Fsp3) is 0.125. The van der Waals surface area contributed by atoms with E-state index in [0.29, 0.717) is 23.3 Å². The van der Waals surface area contributed by atoms with Gasteiger partial charge in [-0.15, -0.1) is 0 Å². The topological polar surface area (TPSA) is 117 Å². The van der Waals surface area contributed by atoms with Gasteiger partial charge in [-0.05, 0) is 18.6 Å². The van der Waals surface area contributed by atoms with Crippen LogP contribution in [0.4, 0.5) is 0 Å². The Kier molecular flexibility index (Phi) is 5.07. The van der Waals surface area contributed by atoms with E-state index in [9.17, 15) is 9.59 Å². The Morgan fingerprint density at radius 2 is 1.66 bits per heavy atom. The van der Waals surface area contributed by atoms with Crippen LogP contribution in [0.25, 0.3) is 33.0 Å². The molecule has 160 valence electrons. The molecule has 0 fully saturated rings. The maximum atomic E-state index is 13.0. The number of carbonyl (C=O) groups is 2. The molecule has 3 heterocycles. The molecule has 5 N–H and O–H groups in total. The number of hydrogen-bond donors (Lipinski definition) is 4. The lowest BCUT2D eigenvalue weighted by atomic mass is 9.95. The maximum Gasteiger partial charge on any atom is 0.259 e. The summed E-state index contributed by atoms with van der Waals surface area (Å²) in [7, 11) is 0. The van der Waals surface area contributed by atoms with Crippen molar-refractivity contribution in [2.45, 2.75) is 13.0 Å². The number of hydrogen-bond acceptors (Lipinski definition) is 4. The van der Waals surface area contributed by atoms with Crippen LogP contribution in [0.3, 0.4) is 0 Å². The summed E-state index contributed by atoms with van der Waals surface area (Å²) in [5, 5.41) is 11.8. The molecule has 2 aromatic heterocycles. The Labute approximate surface area is 188 Å². The summed E-state index contributed by atoms with van der Waals surface area (Å²) in [5.41, 5.74) is 9.58. The van der Waals surface area contributed by atoms with Crippen LogP contribution < -0.4 is 11.1 Å². The number of fused-ring (bicyclic) bond motifs is 2. The molecule has 0 aliphatic carbocycles. The summed E-state index contributed by atoms with van der Waals surface area (Å²) in [6.07, 6.45) is 4.56. The molecule has 7 nitrogen and oxygen atoms in total. The highest BCUT2D eigenvalue weighted by atomic mass is 32.2. The number of benzene rings is 2. The lowest BCUT2D eigenvalue weighted by Crippen LogP contribution is -2.22. The summed E-state index contributed by atoms with van der Waals surface area (Å²) in [5.74, 6) is -0.0332. The number of amides is 2. The van der Waals surface area contributed by atoms with Gasteiger partial charge < -0.3 is 15.3 Å². The van der Waals surface area contributed by atoms with Crippen molar-refractivity contribution in [3.05, 3.63) is 72.1 Å². The number of aromatic nitrogens is 2. The third-order valence-electron chi connectivity index (χ3n) is 5.65. The number of rotatable bonds is 6. The molecule has 32 heavy (non-hydrogen) atoms. The SMILES string of the molecule is N=C(N)SCCCn1cc(C2=C(c3c[nH]c4ccccc34)C(=O)NC2=O)c2ccccc21. The van der Waals surface area contributed by atoms with E-state index < -0.39 is 0 Å². The zero-order valence-electron chi connectivity index (χ0n) is 17.1. The molecule has 2 aromatic carbocycles. The molecule has 0 atom stereocenters. The van der Waals surface area contributed by atoms with Gasteiger partial charge in [-0.25, -0.2) is 0 Å². The average molecular weight is 444 g/mol. The minimum Gasteiger partial charge on any atom is -0.379 e. The van der Waals surface area contributed by atoms with E-state index >= 15 is 0 Å². The Bertz CT molecular complexity index is 1430. The number of nitrogens with one attached hydrogen (secondary N) is 3. The van der Waals surface area contributed by atoms with Crippen molar-refractivity contribution >= 4 is 61.7 Å². The molecule has 0 spiro atoms. The van der Waals surface area contributed by atoms with Gasteiger partial charge in [-0.3, -0.25) is 20.3 Å². The molecular weight excluding hydrogens is 422 g/mol. The highest BCUT2D eigenvalue weighted by Crippen LogP contribution is 2.38. The Morgan fingerprint density at radius 3 is 2.44 bits per heavy atom. The number of imide groups is 1. The summed E-state index contributed by atoms with van der Waals surface area (Å²) in [6.45, 7) is 0.714. The average Bonchev–Trinajstić information content (AvgIpc) is 3.44. The van der Waals surface area contributed by atoms with Gasteiger partial charge in [-0.1, -0.05) is 48.2 Å². The summed E-state index contributed by atoms with van der Waals surface area (Å²) in [4.78, 5) is 29.0. The van der Waals surface area contributed by atoms with Crippen molar-refractivity contribution in [1.82, 2.24) is 14.9 Å². The first-order chi connectivity index (χ1) is 15.5. The molecule has 8 heteroatoms. The quantitative estimate of drug-likeness (QED) is 0.157. The molecule has 0 bridgehead atoms. The van der Waals surface area contributed by atoms with E-state index in [1.807, 2.05) is 54.7 Å². The van der Waals surface area contributed by atoms with Gasteiger partial charge in [0.2, 0.25) is 0 Å². The second-order valence-corrected chi connectivity index (χ2v) is 8.74. The third kappa shape index (κ3) is 3.38. The fourth-order valence-corrected chi connectivity index (χ4v) is 4.79. The lowest BCUT2D eigenvalue weighted by molar-refractivity contribution is -0.122. The molecule has 5 rings (SSSR count). The minimum absolute atomic E-state index is 0.109. The summed E-state index contributed by atoms with van der Waals surface area (Å²) < 4.78 is 2.10. The van der Waals surface area contributed by atoms with E-state index in [1.165, 1.54) is 11.8 Å². The number of amidine groups is 1. The predicted molar refractivity (Wildman–Crippen MR) is 129 cm³/mol. The van der Waals surface area contributed by atoms with E-state index in [4.69, 9.17) is 11.1 Å². The van der Waals surface area contributed by atoms with Crippen LogP contribution in [0, 0.1) is 5.41 Å². The smallest absolute Gasteiger partial charge is 0.259 e. The Morgan fingerprint density at radius 1 is 0.969 bits per heavy atom. The molecular formula is C24H21N5O2S. The van der Waals surface area contributed by atoms with Crippen molar-refractivity contribution < 1.29 is 9.59 Å². The predicted octanol–water partition coefficient (Wildman–Crippen LogP) is 3.71. The number of para-hydroxylation sites is 2. The molecule has 4 aromatic rings. The van der Waals surface area contributed by atoms with Gasteiger partial charge in [0.15, 0.2) is 5.17 Å². The van der Waals surface area contributed by atoms with Crippen molar-refractivity contribution in [2.75, 3.05) is 5.75 Å². The van der Waals surface area contributed by atoms with E-state index in [-0.39, 0.29) is 17.0 Å². The molecule has 2 amide bonds. The number of aromatic amines is 1. The van der Waals surface area contributed by atoms with Crippen LogP contribution in [0.15, 0.2) is 60.9 Å². The van der Waals surface area contributed by atoms with E-state index in [0.717, 1.165) is 39.5 Å². The first-order valence-corrected chi connectivity index (χ1v) is 11.2. The van der Waals surface area contributed by atoms with Crippen molar-refractivity contribution in [2.24, 2.45) is 5.73 Å². The first-order valence-electron chi connectivity index (χ1n) is 10.3. The van der Waals surface area contributed by atoms with Crippen molar-refractivity contribution in [1.29, 1.82) is 5.41 Å². The highest BCUT2D eigenvalue weighted by Gasteiger charge is 2.34. The van der Waals surface area contributed by atoms with Crippen LogP contribution in [-0.2, 0) is 16.1 Å². The van der Waals surface area contributed by atoms with Crippen LogP contribution in [0.2, 0.25) is 0 Å². The molecule has 0 unspecified atom stereocenters. The zero-order chi connectivity index (χ0) is 22.2.